The van der Waals surface area contributed by atoms with Gasteiger partial charge in [-0.1, -0.05) is 12.1 Å². The molecule has 0 aliphatic carbocycles. The Morgan fingerprint density at radius 2 is 2.06 bits per heavy atom. The van der Waals surface area contributed by atoms with Gasteiger partial charge in [0, 0.05) is 18.6 Å². The number of ketones is 1. The SMILES string of the molecule is CC(=O)CCCCOCc1cccc(F)c1F. The van der Waals surface area contributed by atoms with Crippen molar-refractivity contribution in [2.75, 3.05) is 6.61 Å². The lowest BCUT2D eigenvalue weighted by Crippen LogP contribution is -2.00. The lowest BCUT2D eigenvalue weighted by Gasteiger charge is -2.05. The molecule has 0 aromatic heterocycles. The molecule has 0 N–H and O–H groups in total. The van der Waals surface area contributed by atoms with E-state index in [1.165, 1.54) is 12.1 Å². The molecule has 0 amide bonds. The Kier molecular flexibility index (Phi) is 5.77. The highest BCUT2D eigenvalue weighted by atomic mass is 19.2. The Morgan fingerprint density at radius 1 is 1.29 bits per heavy atom. The van der Waals surface area contributed by atoms with E-state index < -0.39 is 11.6 Å². The second-order valence-corrected chi connectivity index (χ2v) is 3.92. The van der Waals surface area contributed by atoms with Gasteiger partial charge in [-0.3, -0.25) is 0 Å². The zero-order chi connectivity index (χ0) is 12.7. The average Bonchev–Trinajstić information content (AvgIpc) is 2.28. The van der Waals surface area contributed by atoms with E-state index in [1.807, 2.05) is 0 Å². The van der Waals surface area contributed by atoms with Crippen LogP contribution in [0.3, 0.4) is 0 Å². The molecular formula is C13H16F2O2. The van der Waals surface area contributed by atoms with Crippen molar-refractivity contribution in [1.82, 2.24) is 0 Å². The fourth-order valence-electron chi connectivity index (χ4n) is 1.42. The highest BCUT2D eigenvalue weighted by molar-refractivity contribution is 5.75. The third-order valence-electron chi connectivity index (χ3n) is 2.36. The van der Waals surface area contributed by atoms with Gasteiger partial charge in [0.15, 0.2) is 11.6 Å². The molecule has 0 unspecified atom stereocenters. The predicted molar refractivity (Wildman–Crippen MR) is 60.5 cm³/mol. The maximum absolute atomic E-state index is 13.2. The second kappa shape index (κ2) is 7.12. The fourth-order valence-corrected chi connectivity index (χ4v) is 1.42. The monoisotopic (exact) mass is 242 g/mol. The molecule has 0 atom stereocenters. The molecule has 0 bridgehead atoms. The van der Waals surface area contributed by atoms with Crippen molar-refractivity contribution in [3.05, 3.63) is 35.4 Å². The number of Topliss-reactive ketones (excluding diaryl/α,β-unsaturated/α-hetero) is 1. The third-order valence-corrected chi connectivity index (χ3v) is 2.36. The standard InChI is InChI=1S/C13H16F2O2/c1-10(16)5-2-3-8-17-9-11-6-4-7-12(14)13(11)15/h4,6-7H,2-3,5,8-9H2,1H3. The molecule has 1 aromatic rings. The zero-order valence-electron chi connectivity index (χ0n) is 9.84. The van der Waals surface area contributed by atoms with E-state index in [0.29, 0.717) is 13.0 Å². The molecular weight excluding hydrogens is 226 g/mol. The molecule has 17 heavy (non-hydrogen) atoms. The summed E-state index contributed by atoms with van der Waals surface area (Å²) in [6, 6.07) is 4.02. The van der Waals surface area contributed by atoms with Gasteiger partial charge in [-0.15, -0.1) is 0 Å². The summed E-state index contributed by atoms with van der Waals surface area (Å²) in [5, 5.41) is 0. The molecule has 0 spiro atoms. The number of unbranched alkanes of at least 4 members (excludes halogenated alkanes) is 1. The number of hydrogen-bond acceptors (Lipinski definition) is 2. The van der Waals surface area contributed by atoms with Crippen molar-refractivity contribution < 1.29 is 18.3 Å². The largest absolute Gasteiger partial charge is 0.377 e. The van der Waals surface area contributed by atoms with Gasteiger partial charge in [0.1, 0.15) is 5.78 Å². The Hall–Kier alpha value is -1.29. The summed E-state index contributed by atoms with van der Waals surface area (Å²) in [7, 11) is 0. The first-order valence-electron chi connectivity index (χ1n) is 5.61. The van der Waals surface area contributed by atoms with Crippen LogP contribution in [0, 0.1) is 11.6 Å². The Labute approximate surface area is 99.6 Å². The first kappa shape index (κ1) is 13.8. The zero-order valence-corrected chi connectivity index (χ0v) is 9.84. The molecule has 0 heterocycles. The number of carbonyl (C=O) groups excluding carboxylic acids is 1. The number of carbonyl (C=O) groups is 1. The minimum Gasteiger partial charge on any atom is -0.377 e. The quantitative estimate of drug-likeness (QED) is 0.686. The minimum absolute atomic E-state index is 0.0592. The minimum atomic E-state index is -0.859. The molecule has 1 aromatic carbocycles. The van der Waals surface area contributed by atoms with E-state index in [-0.39, 0.29) is 18.0 Å². The van der Waals surface area contributed by atoms with Crippen molar-refractivity contribution >= 4 is 5.78 Å². The molecule has 1 rings (SSSR count). The van der Waals surface area contributed by atoms with Gasteiger partial charge in [-0.25, -0.2) is 8.78 Å². The molecule has 2 nitrogen and oxygen atoms in total. The van der Waals surface area contributed by atoms with Gasteiger partial charge in [0.2, 0.25) is 0 Å². The van der Waals surface area contributed by atoms with Crippen LogP contribution < -0.4 is 0 Å². The molecule has 0 fully saturated rings. The van der Waals surface area contributed by atoms with Crippen LogP contribution in [0.15, 0.2) is 18.2 Å². The lowest BCUT2D eigenvalue weighted by atomic mass is 10.2. The molecule has 0 radical (unpaired) electrons. The predicted octanol–water partition coefficient (Wildman–Crippen LogP) is 3.24. The van der Waals surface area contributed by atoms with Gasteiger partial charge < -0.3 is 9.53 Å². The van der Waals surface area contributed by atoms with Crippen LogP contribution >= 0.6 is 0 Å². The summed E-state index contributed by atoms with van der Waals surface area (Å²) in [5.74, 6) is -1.56. The van der Waals surface area contributed by atoms with E-state index in [2.05, 4.69) is 0 Å². The lowest BCUT2D eigenvalue weighted by molar-refractivity contribution is -0.117. The molecule has 0 saturated carbocycles. The van der Waals surface area contributed by atoms with Crippen LogP contribution in [0.2, 0.25) is 0 Å². The Bertz CT molecular complexity index is 378. The van der Waals surface area contributed by atoms with Crippen LogP contribution in [0.5, 0.6) is 0 Å². The number of halogens is 2. The molecule has 0 aliphatic rings. The summed E-state index contributed by atoms with van der Waals surface area (Å²) in [5.41, 5.74) is 0.219. The molecule has 4 heteroatoms. The van der Waals surface area contributed by atoms with Gasteiger partial charge in [-0.2, -0.15) is 0 Å². The van der Waals surface area contributed by atoms with Crippen LogP contribution in [-0.4, -0.2) is 12.4 Å². The van der Waals surface area contributed by atoms with Crippen molar-refractivity contribution in [1.29, 1.82) is 0 Å². The van der Waals surface area contributed by atoms with E-state index in [9.17, 15) is 13.6 Å². The number of ether oxygens (including phenoxy) is 1. The Morgan fingerprint density at radius 3 is 2.76 bits per heavy atom. The smallest absolute Gasteiger partial charge is 0.164 e. The van der Waals surface area contributed by atoms with Gasteiger partial charge >= 0.3 is 0 Å². The van der Waals surface area contributed by atoms with Crippen LogP contribution in [-0.2, 0) is 16.1 Å². The van der Waals surface area contributed by atoms with Gasteiger partial charge in [0.25, 0.3) is 0 Å². The van der Waals surface area contributed by atoms with Crippen molar-refractivity contribution in [2.45, 2.75) is 32.8 Å². The van der Waals surface area contributed by atoms with E-state index in [4.69, 9.17) is 4.74 Å². The van der Waals surface area contributed by atoms with Crippen molar-refractivity contribution in [3.63, 3.8) is 0 Å². The maximum Gasteiger partial charge on any atom is 0.164 e. The van der Waals surface area contributed by atoms with Gasteiger partial charge in [-0.05, 0) is 25.8 Å². The third kappa shape index (κ3) is 5.04. The van der Waals surface area contributed by atoms with Crippen molar-refractivity contribution in [3.8, 4) is 0 Å². The van der Waals surface area contributed by atoms with Crippen LogP contribution in [0.4, 0.5) is 8.78 Å². The topological polar surface area (TPSA) is 26.3 Å². The molecule has 0 saturated heterocycles. The normalized spacial score (nSPS) is 10.5. The second-order valence-electron chi connectivity index (χ2n) is 3.92. The van der Waals surface area contributed by atoms with Crippen LogP contribution in [0.1, 0.15) is 31.7 Å². The Balaban J connectivity index is 2.22. The number of rotatable bonds is 7. The van der Waals surface area contributed by atoms with E-state index >= 15 is 0 Å². The average molecular weight is 242 g/mol. The molecule has 0 aliphatic heterocycles. The number of hydrogen-bond donors (Lipinski definition) is 0. The first-order chi connectivity index (χ1) is 8.11. The fraction of sp³-hybridized carbons (Fsp3) is 0.462. The maximum atomic E-state index is 13.2. The molecule has 94 valence electrons. The van der Waals surface area contributed by atoms with Crippen LogP contribution in [0.25, 0.3) is 0 Å². The van der Waals surface area contributed by atoms with Gasteiger partial charge in [0.05, 0.1) is 6.61 Å². The number of benzene rings is 1. The summed E-state index contributed by atoms with van der Waals surface area (Å²) >= 11 is 0. The summed E-state index contributed by atoms with van der Waals surface area (Å²) in [6.07, 6.45) is 2.05. The van der Waals surface area contributed by atoms with E-state index in [0.717, 1.165) is 18.9 Å². The highest BCUT2D eigenvalue weighted by Crippen LogP contribution is 2.12. The summed E-state index contributed by atoms with van der Waals surface area (Å²) in [4.78, 5) is 10.6. The highest BCUT2D eigenvalue weighted by Gasteiger charge is 2.06. The summed E-state index contributed by atoms with van der Waals surface area (Å²) < 4.78 is 31.2. The van der Waals surface area contributed by atoms with E-state index in [1.54, 1.807) is 6.92 Å². The van der Waals surface area contributed by atoms with Crippen molar-refractivity contribution in [2.24, 2.45) is 0 Å². The first-order valence-corrected chi connectivity index (χ1v) is 5.61. The summed E-state index contributed by atoms with van der Waals surface area (Å²) in [6.45, 7) is 2.05.